The van der Waals surface area contributed by atoms with Crippen molar-refractivity contribution in [2.75, 3.05) is 19.8 Å². The standard InChI is InChI=1S/C27H28N4O3S2/c1-30(26(32)23(31(2)27(33)34)16-18-7-4-3-5-8-18)22(15-19-10-12-20(28)13-11-19)21-17-36-25(29-21)24-9-6-14-35-24/h3-14,17,22-23H,15-16,28H2,1-2H3,(H,33,34)/t22-,23-/m0/s1. The Kier molecular flexibility index (Phi) is 8.02. The van der Waals surface area contributed by atoms with Crippen molar-refractivity contribution in [3.05, 3.63) is 94.3 Å². The van der Waals surface area contributed by atoms with Gasteiger partial charge in [0, 0.05) is 31.6 Å². The summed E-state index contributed by atoms with van der Waals surface area (Å²) in [6, 6.07) is 19.8. The first-order valence-corrected chi connectivity index (χ1v) is 13.2. The van der Waals surface area contributed by atoms with Crippen LogP contribution in [0.4, 0.5) is 10.5 Å². The quantitative estimate of drug-likeness (QED) is 0.287. The molecule has 0 spiro atoms. The summed E-state index contributed by atoms with van der Waals surface area (Å²) in [5.74, 6) is -0.283. The number of thiazole rings is 1. The number of amides is 2. The van der Waals surface area contributed by atoms with Gasteiger partial charge < -0.3 is 15.7 Å². The molecule has 2 heterocycles. The molecule has 0 fully saturated rings. The number of nitrogen functional groups attached to an aromatic ring is 1. The maximum Gasteiger partial charge on any atom is 0.407 e. The van der Waals surface area contributed by atoms with Gasteiger partial charge in [-0.05, 0) is 41.1 Å². The lowest BCUT2D eigenvalue weighted by molar-refractivity contribution is -0.137. The van der Waals surface area contributed by atoms with Crippen molar-refractivity contribution in [3.63, 3.8) is 0 Å². The highest BCUT2D eigenvalue weighted by molar-refractivity contribution is 7.20. The number of carbonyl (C=O) groups is 2. The molecule has 0 saturated carbocycles. The van der Waals surface area contributed by atoms with Crippen molar-refractivity contribution in [2.45, 2.75) is 24.9 Å². The molecular weight excluding hydrogens is 492 g/mol. The van der Waals surface area contributed by atoms with Crippen LogP contribution in [0.2, 0.25) is 0 Å². The fourth-order valence-electron chi connectivity index (χ4n) is 4.02. The van der Waals surface area contributed by atoms with Crippen LogP contribution in [-0.4, -0.2) is 52.0 Å². The molecule has 4 aromatic rings. The molecule has 2 aromatic carbocycles. The number of benzene rings is 2. The molecule has 7 nitrogen and oxygen atoms in total. The van der Waals surface area contributed by atoms with Crippen LogP contribution in [-0.2, 0) is 17.6 Å². The molecule has 4 rings (SSSR count). The van der Waals surface area contributed by atoms with Gasteiger partial charge in [0.2, 0.25) is 5.91 Å². The molecular formula is C27H28N4O3S2. The lowest BCUT2D eigenvalue weighted by Crippen LogP contribution is -2.50. The van der Waals surface area contributed by atoms with Crippen molar-refractivity contribution in [2.24, 2.45) is 0 Å². The van der Waals surface area contributed by atoms with Gasteiger partial charge in [0.1, 0.15) is 11.0 Å². The third-order valence-electron chi connectivity index (χ3n) is 6.15. The Balaban J connectivity index is 1.67. The summed E-state index contributed by atoms with van der Waals surface area (Å²) in [5.41, 5.74) is 9.21. The lowest BCUT2D eigenvalue weighted by Gasteiger charge is -2.33. The highest BCUT2D eigenvalue weighted by Crippen LogP contribution is 2.33. The zero-order chi connectivity index (χ0) is 25.7. The van der Waals surface area contributed by atoms with Crippen molar-refractivity contribution in [1.29, 1.82) is 0 Å². The van der Waals surface area contributed by atoms with Gasteiger partial charge in [-0.15, -0.1) is 22.7 Å². The smallest absolute Gasteiger partial charge is 0.407 e. The first kappa shape index (κ1) is 25.4. The maximum absolute atomic E-state index is 13.9. The van der Waals surface area contributed by atoms with E-state index in [9.17, 15) is 14.7 Å². The number of carboxylic acid groups (broad SMARTS) is 1. The van der Waals surface area contributed by atoms with Crippen molar-refractivity contribution < 1.29 is 14.7 Å². The molecule has 0 aliphatic rings. The number of anilines is 1. The molecule has 0 bridgehead atoms. The number of nitrogens with zero attached hydrogens (tertiary/aromatic N) is 3. The Bertz CT molecular complexity index is 1290. The normalized spacial score (nSPS) is 12.6. The molecule has 2 aromatic heterocycles. The summed E-state index contributed by atoms with van der Waals surface area (Å²) in [4.78, 5) is 34.4. The van der Waals surface area contributed by atoms with Crippen LogP contribution in [0.3, 0.4) is 0 Å². The number of aromatic nitrogens is 1. The van der Waals surface area contributed by atoms with Crippen LogP contribution in [0.25, 0.3) is 9.88 Å². The summed E-state index contributed by atoms with van der Waals surface area (Å²) in [7, 11) is 3.16. The van der Waals surface area contributed by atoms with Gasteiger partial charge in [0.05, 0.1) is 16.6 Å². The molecule has 2 atom stereocenters. The first-order valence-electron chi connectivity index (χ1n) is 11.4. The van der Waals surface area contributed by atoms with Gasteiger partial charge in [-0.25, -0.2) is 9.78 Å². The highest BCUT2D eigenvalue weighted by atomic mass is 32.1. The monoisotopic (exact) mass is 520 g/mol. The number of hydrogen-bond donors (Lipinski definition) is 2. The number of rotatable bonds is 9. The molecule has 36 heavy (non-hydrogen) atoms. The minimum atomic E-state index is -1.15. The van der Waals surface area contributed by atoms with E-state index in [2.05, 4.69) is 0 Å². The van der Waals surface area contributed by atoms with Crippen LogP contribution in [0.1, 0.15) is 22.9 Å². The molecule has 3 N–H and O–H groups in total. The third kappa shape index (κ3) is 5.92. The first-order chi connectivity index (χ1) is 17.3. The number of hydrogen-bond acceptors (Lipinski definition) is 6. The second-order valence-corrected chi connectivity index (χ2v) is 10.4. The van der Waals surface area contributed by atoms with Crippen LogP contribution < -0.4 is 5.73 Å². The van der Waals surface area contributed by atoms with Crippen molar-refractivity contribution in [3.8, 4) is 9.88 Å². The van der Waals surface area contributed by atoms with E-state index in [1.807, 2.05) is 77.5 Å². The zero-order valence-electron chi connectivity index (χ0n) is 20.1. The van der Waals surface area contributed by atoms with Gasteiger partial charge in [0.15, 0.2) is 0 Å². The Morgan fingerprint density at radius 2 is 1.61 bits per heavy atom. The lowest BCUT2D eigenvalue weighted by atomic mass is 9.99. The largest absolute Gasteiger partial charge is 0.465 e. The summed E-state index contributed by atoms with van der Waals surface area (Å²) in [5, 5.41) is 14.6. The maximum atomic E-state index is 13.9. The van der Waals surface area contributed by atoms with Crippen LogP contribution >= 0.6 is 22.7 Å². The molecule has 0 radical (unpaired) electrons. The molecule has 0 unspecified atom stereocenters. The summed E-state index contributed by atoms with van der Waals surface area (Å²) >= 11 is 3.15. The summed E-state index contributed by atoms with van der Waals surface area (Å²) in [6.07, 6.45) is -0.356. The number of carbonyl (C=O) groups excluding carboxylic acids is 1. The molecule has 0 saturated heterocycles. The average Bonchev–Trinajstić information content (AvgIpc) is 3.59. The van der Waals surface area contributed by atoms with E-state index < -0.39 is 12.1 Å². The van der Waals surface area contributed by atoms with E-state index in [1.54, 1.807) is 23.3 Å². The van der Waals surface area contributed by atoms with E-state index >= 15 is 0 Å². The van der Waals surface area contributed by atoms with E-state index in [0.29, 0.717) is 12.1 Å². The van der Waals surface area contributed by atoms with Crippen molar-refractivity contribution in [1.82, 2.24) is 14.8 Å². The van der Waals surface area contributed by atoms with E-state index in [4.69, 9.17) is 10.7 Å². The molecule has 2 amide bonds. The molecule has 0 aliphatic heterocycles. The number of likely N-dealkylation sites (N-methyl/N-ethyl adjacent to an activating group) is 2. The molecule has 186 valence electrons. The number of nitrogens with two attached hydrogens (primary N) is 1. The summed E-state index contributed by atoms with van der Waals surface area (Å²) in [6.45, 7) is 0. The summed E-state index contributed by atoms with van der Waals surface area (Å²) < 4.78 is 0. The van der Waals surface area contributed by atoms with E-state index in [0.717, 1.165) is 31.6 Å². The fourth-order valence-corrected chi connectivity index (χ4v) is 5.70. The average molecular weight is 521 g/mol. The van der Waals surface area contributed by atoms with Gasteiger partial charge in [-0.2, -0.15) is 0 Å². The second-order valence-electron chi connectivity index (χ2n) is 8.56. The minimum Gasteiger partial charge on any atom is -0.465 e. The SMILES string of the molecule is CN(C(=O)O)[C@@H](Cc1ccccc1)C(=O)N(C)[C@@H](Cc1ccc(N)cc1)c1csc(-c2cccs2)n1. The third-order valence-corrected chi connectivity index (χ3v) is 8.04. The van der Waals surface area contributed by atoms with Crippen LogP contribution in [0.15, 0.2) is 77.5 Å². The second kappa shape index (κ2) is 11.4. The highest BCUT2D eigenvalue weighted by Gasteiger charge is 2.34. The Morgan fingerprint density at radius 1 is 0.917 bits per heavy atom. The topological polar surface area (TPSA) is 99.8 Å². The van der Waals surface area contributed by atoms with E-state index in [1.165, 1.54) is 18.4 Å². The Hall–Kier alpha value is -3.69. The molecule has 9 heteroatoms. The Labute approximate surface area is 218 Å². The van der Waals surface area contributed by atoms with Crippen LogP contribution in [0.5, 0.6) is 0 Å². The minimum absolute atomic E-state index is 0.277. The van der Waals surface area contributed by atoms with Crippen molar-refractivity contribution >= 4 is 40.4 Å². The Morgan fingerprint density at radius 3 is 2.25 bits per heavy atom. The van der Waals surface area contributed by atoms with Gasteiger partial charge in [-0.1, -0.05) is 48.5 Å². The van der Waals surface area contributed by atoms with Crippen LogP contribution in [0, 0.1) is 0 Å². The van der Waals surface area contributed by atoms with Gasteiger partial charge in [0.25, 0.3) is 0 Å². The fraction of sp³-hybridized carbons (Fsp3) is 0.222. The predicted octanol–water partition coefficient (Wildman–Crippen LogP) is 5.42. The van der Waals surface area contributed by atoms with E-state index in [-0.39, 0.29) is 18.4 Å². The predicted molar refractivity (Wildman–Crippen MR) is 145 cm³/mol. The van der Waals surface area contributed by atoms with Gasteiger partial charge >= 0.3 is 6.09 Å². The number of thiophene rings is 1. The van der Waals surface area contributed by atoms with Gasteiger partial charge in [-0.3, -0.25) is 9.69 Å². The zero-order valence-corrected chi connectivity index (χ0v) is 21.7. The molecule has 0 aliphatic carbocycles.